The van der Waals surface area contributed by atoms with Gasteiger partial charge in [0.05, 0.1) is 7.11 Å². The number of carbonyl (C=O) groups excluding carboxylic acids is 1. The molecule has 6 nitrogen and oxygen atoms in total. The lowest BCUT2D eigenvalue weighted by Gasteiger charge is -2.30. The van der Waals surface area contributed by atoms with Crippen LogP contribution >= 0.6 is 11.6 Å². The number of hydrogen-bond acceptors (Lipinski definition) is 4. The molecule has 1 aliphatic carbocycles. The zero-order chi connectivity index (χ0) is 20.8. The first-order chi connectivity index (χ1) is 13.8. The maximum Gasteiger partial charge on any atom is 0.265 e. The fraction of sp³-hybridized carbons (Fsp3) is 0.381. The number of halogens is 1. The van der Waals surface area contributed by atoms with Gasteiger partial charge in [-0.1, -0.05) is 11.6 Å². The summed E-state index contributed by atoms with van der Waals surface area (Å²) in [7, 11) is -2.47. The molecule has 0 saturated heterocycles. The molecule has 8 heteroatoms. The minimum atomic E-state index is -3.90. The van der Waals surface area contributed by atoms with Crippen LogP contribution in [0.15, 0.2) is 35.2 Å². The van der Waals surface area contributed by atoms with E-state index in [1.165, 1.54) is 13.2 Å². The van der Waals surface area contributed by atoms with Crippen LogP contribution in [0, 0.1) is 12.8 Å². The summed E-state index contributed by atoms with van der Waals surface area (Å²) in [6.45, 7) is 2.50. The third kappa shape index (κ3) is 3.94. The van der Waals surface area contributed by atoms with Crippen LogP contribution in [0.5, 0.6) is 5.75 Å². The molecule has 1 heterocycles. The summed E-state index contributed by atoms with van der Waals surface area (Å²) < 4.78 is 33.8. The largest absolute Gasteiger partial charge is 0.495 e. The second kappa shape index (κ2) is 7.54. The molecular formula is C21H23ClN2O4S. The highest BCUT2D eigenvalue weighted by Crippen LogP contribution is 2.37. The lowest BCUT2D eigenvalue weighted by molar-refractivity contribution is -0.119. The maximum atomic E-state index is 13.0. The number of methoxy groups -OCH3 is 1. The normalized spacial score (nSPS) is 16.3. The Morgan fingerprint density at radius 1 is 1.24 bits per heavy atom. The first-order valence-electron chi connectivity index (χ1n) is 9.61. The van der Waals surface area contributed by atoms with Gasteiger partial charge >= 0.3 is 0 Å². The number of rotatable bonds is 5. The minimum Gasteiger partial charge on any atom is -0.495 e. The number of hydrogen-bond donors (Lipinski definition) is 1. The Hall–Kier alpha value is -2.25. The van der Waals surface area contributed by atoms with Crippen LogP contribution in [0.25, 0.3) is 0 Å². The van der Waals surface area contributed by atoms with Crippen molar-refractivity contribution in [3.63, 3.8) is 0 Å². The molecule has 1 N–H and O–H groups in total. The van der Waals surface area contributed by atoms with E-state index in [4.69, 9.17) is 16.3 Å². The molecule has 2 aromatic carbocycles. The number of nitrogens with one attached hydrogen (secondary N) is 1. The molecule has 0 spiro atoms. The fourth-order valence-electron chi connectivity index (χ4n) is 3.66. The summed E-state index contributed by atoms with van der Waals surface area (Å²) in [6.07, 6.45) is 3.59. The first-order valence-corrected chi connectivity index (χ1v) is 11.5. The van der Waals surface area contributed by atoms with Gasteiger partial charge in [-0.25, -0.2) is 8.42 Å². The van der Waals surface area contributed by atoms with Gasteiger partial charge in [-0.15, -0.1) is 0 Å². The van der Waals surface area contributed by atoms with Crippen LogP contribution < -0.4 is 14.4 Å². The summed E-state index contributed by atoms with van der Waals surface area (Å²) in [5.41, 5.74) is 3.03. The van der Waals surface area contributed by atoms with Crippen molar-refractivity contribution in [3.8, 4) is 5.75 Å². The highest BCUT2D eigenvalue weighted by Gasteiger charge is 2.35. The number of carbonyl (C=O) groups is 1. The second-order valence-corrected chi connectivity index (χ2v) is 9.63. The van der Waals surface area contributed by atoms with Crippen molar-refractivity contribution < 1.29 is 17.9 Å². The Morgan fingerprint density at radius 3 is 2.69 bits per heavy atom. The average Bonchev–Trinajstić information content (AvgIpc) is 3.53. The number of anilines is 2. The van der Waals surface area contributed by atoms with Crippen molar-refractivity contribution >= 4 is 38.9 Å². The van der Waals surface area contributed by atoms with Gasteiger partial charge in [0.2, 0.25) is 5.91 Å². The maximum absolute atomic E-state index is 13.0. The molecule has 0 atom stereocenters. The fourth-order valence-corrected chi connectivity index (χ4v) is 5.11. The molecule has 0 radical (unpaired) electrons. The quantitative estimate of drug-likeness (QED) is 0.767. The molecule has 0 bridgehead atoms. The van der Waals surface area contributed by atoms with E-state index in [1.54, 1.807) is 19.1 Å². The third-order valence-corrected chi connectivity index (χ3v) is 7.19. The lowest BCUT2D eigenvalue weighted by Crippen LogP contribution is -2.36. The number of amides is 1. The van der Waals surface area contributed by atoms with E-state index < -0.39 is 10.0 Å². The topological polar surface area (TPSA) is 75.7 Å². The highest BCUT2D eigenvalue weighted by molar-refractivity contribution is 7.92. The zero-order valence-corrected chi connectivity index (χ0v) is 17.9. The van der Waals surface area contributed by atoms with Crippen LogP contribution in [0.2, 0.25) is 5.02 Å². The smallest absolute Gasteiger partial charge is 0.265 e. The van der Waals surface area contributed by atoms with Crippen molar-refractivity contribution in [1.29, 1.82) is 0 Å². The predicted octanol–water partition coefficient (Wildman–Crippen LogP) is 4.15. The highest BCUT2D eigenvalue weighted by atomic mass is 35.5. The van der Waals surface area contributed by atoms with Gasteiger partial charge in [-0.2, -0.15) is 0 Å². The number of benzene rings is 2. The zero-order valence-electron chi connectivity index (χ0n) is 16.4. The Kier molecular flexibility index (Phi) is 5.21. The number of ether oxygens (including phenoxy) is 1. The molecule has 4 rings (SSSR count). The van der Waals surface area contributed by atoms with Gasteiger partial charge in [0.1, 0.15) is 10.6 Å². The van der Waals surface area contributed by atoms with E-state index in [0.717, 1.165) is 42.5 Å². The molecule has 1 saturated carbocycles. The van der Waals surface area contributed by atoms with E-state index in [1.807, 2.05) is 17.0 Å². The molecule has 0 aromatic heterocycles. The molecule has 154 valence electrons. The van der Waals surface area contributed by atoms with Gasteiger partial charge < -0.3 is 9.64 Å². The van der Waals surface area contributed by atoms with Crippen LogP contribution in [0.3, 0.4) is 0 Å². The summed E-state index contributed by atoms with van der Waals surface area (Å²) in [5.74, 6) is 0.565. The van der Waals surface area contributed by atoms with E-state index >= 15 is 0 Å². The third-order valence-electron chi connectivity index (χ3n) is 5.38. The molecule has 29 heavy (non-hydrogen) atoms. The Labute approximate surface area is 175 Å². The molecule has 1 amide bonds. The first kappa shape index (κ1) is 20.0. The number of sulfonamides is 1. The van der Waals surface area contributed by atoms with Crippen molar-refractivity contribution in [1.82, 2.24) is 0 Å². The van der Waals surface area contributed by atoms with Crippen LogP contribution in [-0.4, -0.2) is 28.0 Å². The second-order valence-electron chi connectivity index (χ2n) is 7.57. The van der Waals surface area contributed by atoms with Crippen LogP contribution in [0.4, 0.5) is 11.4 Å². The summed E-state index contributed by atoms with van der Waals surface area (Å²) in [5, 5.41) is 0.353. The summed E-state index contributed by atoms with van der Waals surface area (Å²) >= 11 is 6.14. The number of aryl methyl sites for hydroxylation is 2. The molecule has 2 aromatic rings. The average molecular weight is 435 g/mol. The van der Waals surface area contributed by atoms with Gasteiger partial charge in [0.25, 0.3) is 10.0 Å². The molecule has 1 aliphatic heterocycles. The van der Waals surface area contributed by atoms with E-state index in [9.17, 15) is 13.2 Å². The summed E-state index contributed by atoms with van der Waals surface area (Å²) in [4.78, 5) is 14.4. The van der Waals surface area contributed by atoms with Crippen molar-refractivity contribution in [2.24, 2.45) is 5.92 Å². The molecule has 1 fully saturated rings. The Morgan fingerprint density at radius 2 is 2.00 bits per heavy atom. The van der Waals surface area contributed by atoms with Crippen LogP contribution in [-0.2, 0) is 21.2 Å². The summed E-state index contributed by atoms with van der Waals surface area (Å²) in [6, 6.07) is 8.32. The monoisotopic (exact) mass is 434 g/mol. The van der Waals surface area contributed by atoms with E-state index in [-0.39, 0.29) is 22.5 Å². The number of fused-ring (bicyclic) bond motifs is 1. The van der Waals surface area contributed by atoms with Gasteiger partial charge in [0, 0.05) is 28.9 Å². The Balaban J connectivity index is 1.63. The molecule has 2 aliphatic rings. The SMILES string of the molecule is COc1cc(C)c(Cl)cc1S(=O)(=O)Nc1ccc2c(c1)CCCN2C(=O)C1CC1. The number of nitrogens with zero attached hydrogens (tertiary/aromatic N) is 1. The molecule has 0 unspecified atom stereocenters. The Bertz CT molecular complexity index is 1080. The van der Waals surface area contributed by atoms with Crippen molar-refractivity contribution in [3.05, 3.63) is 46.5 Å². The van der Waals surface area contributed by atoms with Crippen LogP contribution in [0.1, 0.15) is 30.4 Å². The van der Waals surface area contributed by atoms with Gasteiger partial charge in [-0.3, -0.25) is 9.52 Å². The standard InChI is InChI=1S/C21H23ClN2O4S/c1-13-10-19(28-2)20(12-17(13)22)29(26,27)23-16-7-8-18-15(11-16)4-3-9-24(18)21(25)14-5-6-14/h7-8,10-12,14,23H,3-6,9H2,1-2H3. The molecular weight excluding hydrogens is 412 g/mol. The van der Waals surface area contributed by atoms with Crippen molar-refractivity contribution in [2.75, 3.05) is 23.3 Å². The predicted molar refractivity (Wildman–Crippen MR) is 113 cm³/mol. The minimum absolute atomic E-state index is 0.0149. The van der Waals surface area contributed by atoms with Gasteiger partial charge in [0.15, 0.2) is 0 Å². The van der Waals surface area contributed by atoms with Crippen molar-refractivity contribution in [2.45, 2.75) is 37.5 Å². The van der Waals surface area contributed by atoms with E-state index in [0.29, 0.717) is 17.3 Å². The van der Waals surface area contributed by atoms with E-state index in [2.05, 4.69) is 4.72 Å². The lowest BCUT2D eigenvalue weighted by atomic mass is 10.0. The van der Waals surface area contributed by atoms with Gasteiger partial charge in [-0.05, 0) is 74.1 Å².